The first-order chi connectivity index (χ1) is 12.0. The third kappa shape index (κ3) is 5.20. The summed E-state index contributed by atoms with van der Waals surface area (Å²) in [6.07, 6.45) is 2.23. The van der Waals surface area contributed by atoms with Crippen molar-refractivity contribution in [1.29, 1.82) is 0 Å². The quantitative estimate of drug-likeness (QED) is 0.780. The summed E-state index contributed by atoms with van der Waals surface area (Å²) in [4.78, 5) is 36.8. The van der Waals surface area contributed by atoms with Crippen LogP contribution in [0.15, 0.2) is 47.1 Å². The lowest BCUT2D eigenvalue weighted by molar-refractivity contribution is -0.140. The molecule has 7 nitrogen and oxygen atoms in total. The molecule has 7 heteroatoms. The minimum absolute atomic E-state index is 0.159. The van der Waals surface area contributed by atoms with E-state index in [0.717, 1.165) is 0 Å². The van der Waals surface area contributed by atoms with Crippen molar-refractivity contribution in [3.05, 3.63) is 54.0 Å². The van der Waals surface area contributed by atoms with Crippen LogP contribution >= 0.6 is 0 Å². The summed E-state index contributed by atoms with van der Waals surface area (Å²) >= 11 is 0. The van der Waals surface area contributed by atoms with Crippen LogP contribution in [0.25, 0.3) is 0 Å². The van der Waals surface area contributed by atoms with Crippen LogP contribution in [-0.4, -0.2) is 43.4 Å². The summed E-state index contributed by atoms with van der Waals surface area (Å²) in [7, 11) is 3.01. The molecular formula is C18H20N2O5. The van der Waals surface area contributed by atoms with E-state index in [1.54, 1.807) is 48.3 Å². The number of ether oxygens (including phenoxy) is 1. The second-order valence-electron chi connectivity index (χ2n) is 5.42. The molecule has 0 unspecified atom stereocenters. The molecule has 0 aliphatic rings. The van der Waals surface area contributed by atoms with E-state index in [4.69, 9.17) is 4.42 Å². The third-order valence-corrected chi connectivity index (χ3v) is 3.58. The van der Waals surface area contributed by atoms with Crippen molar-refractivity contribution in [2.75, 3.05) is 26.0 Å². The molecule has 0 aliphatic carbocycles. The van der Waals surface area contributed by atoms with Gasteiger partial charge in [0.2, 0.25) is 0 Å². The standard InChI is InChI=1S/C18H20N2O5/c1-20(11-3-6-16(21)24-2)18(23)13-7-9-14(10-8-13)19-17(22)15-5-4-12-25-15/h4-5,7-10,12H,3,6,11H2,1-2H3,(H,19,22). The van der Waals surface area contributed by atoms with Crippen molar-refractivity contribution < 1.29 is 23.5 Å². The van der Waals surface area contributed by atoms with Crippen LogP contribution in [0.3, 0.4) is 0 Å². The molecule has 0 bridgehead atoms. The van der Waals surface area contributed by atoms with Gasteiger partial charge < -0.3 is 19.4 Å². The highest BCUT2D eigenvalue weighted by atomic mass is 16.5. The van der Waals surface area contributed by atoms with Gasteiger partial charge in [0, 0.05) is 31.3 Å². The lowest BCUT2D eigenvalue weighted by Gasteiger charge is -2.17. The number of nitrogens with one attached hydrogen (secondary N) is 1. The van der Waals surface area contributed by atoms with Crippen LogP contribution < -0.4 is 5.32 Å². The Morgan fingerprint density at radius 2 is 1.88 bits per heavy atom. The van der Waals surface area contributed by atoms with E-state index in [-0.39, 0.29) is 30.0 Å². The number of carbonyl (C=O) groups excluding carboxylic acids is 3. The number of furan rings is 1. The summed E-state index contributed by atoms with van der Waals surface area (Å²) < 4.78 is 9.58. The van der Waals surface area contributed by atoms with Crippen molar-refractivity contribution in [2.24, 2.45) is 0 Å². The molecule has 0 saturated heterocycles. The van der Waals surface area contributed by atoms with E-state index in [2.05, 4.69) is 10.1 Å². The second kappa shape index (κ2) is 8.68. The summed E-state index contributed by atoms with van der Waals surface area (Å²) in [5.74, 6) is -0.597. The number of carbonyl (C=O) groups is 3. The SMILES string of the molecule is COC(=O)CCCN(C)C(=O)c1ccc(NC(=O)c2ccco2)cc1. The van der Waals surface area contributed by atoms with Gasteiger partial charge >= 0.3 is 5.97 Å². The average molecular weight is 344 g/mol. The Morgan fingerprint density at radius 1 is 1.16 bits per heavy atom. The van der Waals surface area contributed by atoms with Gasteiger partial charge in [0.15, 0.2) is 5.76 Å². The van der Waals surface area contributed by atoms with Crippen LogP contribution in [0.1, 0.15) is 33.8 Å². The summed E-state index contributed by atoms with van der Waals surface area (Å²) in [6.45, 7) is 0.449. The molecule has 0 atom stereocenters. The fraction of sp³-hybridized carbons (Fsp3) is 0.278. The van der Waals surface area contributed by atoms with Crippen LogP contribution in [0.2, 0.25) is 0 Å². The first-order valence-corrected chi connectivity index (χ1v) is 7.78. The Labute approximate surface area is 145 Å². The number of esters is 1. The van der Waals surface area contributed by atoms with Crippen molar-refractivity contribution in [3.8, 4) is 0 Å². The maximum atomic E-state index is 12.3. The monoisotopic (exact) mass is 344 g/mol. The molecule has 0 radical (unpaired) electrons. The van der Waals surface area contributed by atoms with E-state index >= 15 is 0 Å². The summed E-state index contributed by atoms with van der Waals surface area (Å²) in [6, 6.07) is 9.77. The number of nitrogens with zero attached hydrogens (tertiary/aromatic N) is 1. The number of methoxy groups -OCH3 is 1. The lowest BCUT2D eigenvalue weighted by atomic mass is 10.1. The molecule has 0 aliphatic heterocycles. The Bertz CT molecular complexity index is 722. The highest BCUT2D eigenvalue weighted by molar-refractivity contribution is 6.02. The Kier molecular flexibility index (Phi) is 6.33. The van der Waals surface area contributed by atoms with Crippen LogP contribution in [0, 0.1) is 0 Å². The maximum absolute atomic E-state index is 12.3. The minimum atomic E-state index is -0.357. The van der Waals surface area contributed by atoms with Crippen molar-refractivity contribution in [1.82, 2.24) is 4.90 Å². The summed E-state index contributed by atoms with van der Waals surface area (Å²) in [5, 5.41) is 2.68. The maximum Gasteiger partial charge on any atom is 0.305 e. The van der Waals surface area contributed by atoms with E-state index in [9.17, 15) is 14.4 Å². The minimum Gasteiger partial charge on any atom is -0.469 e. The van der Waals surface area contributed by atoms with E-state index in [0.29, 0.717) is 24.2 Å². The van der Waals surface area contributed by atoms with Gasteiger partial charge in [-0.3, -0.25) is 14.4 Å². The molecule has 1 aromatic carbocycles. The van der Waals surface area contributed by atoms with Gasteiger partial charge in [-0.1, -0.05) is 0 Å². The molecule has 25 heavy (non-hydrogen) atoms. The van der Waals surface area contributed by atoms with Gasteiger partial charge in [-0.25, -0.2) is 0 Å². The molecule has 2 rings (SSSR count). The molecule has 1 heterocycles. The zero-order chi connectivity index (χ0) is 18.2. The highest BCUT2D eigenvalue weighted by Crippen LogP contribution is 2.13. The molecule has 0 saturated carbocycles. The van der Waals surface area contributed by atoms with E-state index in [1.165, 1.54) is 13.4 Å². The van der Waals surface area contributed by atoms with Crippen molar-refractivity contribution in [2.45, 2.75) is 12.8 Å². The molecule has 0 fully saturated rings. The van der Waals surface area contributed by atoms with Gasteiger partial charge in [0.1, 0.15) is 0 Å². The molecule has 132 valence electrons. The molecular weight excluding hydrogens is 324 g/mol. The van der Waals surface area contributed by atoms with Gasteiger partial charge in [-0.2, -0.15) is 0 Å². The normalized spacial score (nSPS) is 10.2. The van der Waals surface area contributed by atoms with Crippen molar-refractivity contribution >= 4 is 23.5 Å². The highest BCUT2D eigenvalue weighted by Gasteiger charge is 2.13. The van der Waals surface area contributed by atoms with Crippen LogP contribution in [0.4, 0.5) is 5.69 Å². The van der Waals surface area contributed by atoms with Gasteiger partial charge in [0.25, 0.3) is 11.8 Å². The summed E-state index contributed by atoms with van der Waals surface area (Å²) in [5.41, 5.74) is 1.06. The lowest BCUT2D eigenvalue weighted by Crippen LogP contribution is -2.28. The smallest absolute Gasteiger partial charge is 0.305 e. The number of benzene rings is 1. The first kappa shape index (κ1) is 18.3. The number of rotatable bonds is 7. The van der Waals surface area contributed by atoms with Crippen molar-refractivity contribution in [3.63, 3.8) is 0 Å². The van der Waals surface area contributed by atoms with Gasteiger partial charge in [-0.15, -0.1) is 0 Å². The zero-order valence-corrected chi connectivity index (χ0v) is 14.2. The topological polar surface area (TPSA) is 88.9 Å². The number of hydrogen-bond donors (Lipinski definition) is 1. The van der Waals surface area contributed by atoms with E-state index in [1.807, 2.05) is 0 Å². The Hall–Kier alpha value is -3.09. The predicted molar refractivity (Wildman–Crippen MR) is 91.3 cm³/mol. The molecule has 1 N–H and O–H groups in total. The number of amides is 2. The predicted octanol–water partition coefficient (Wildman–Crippen LogP) is 2.56. The second-order valence-corrected chi connectivity index (χ2v) is 5.42. The zero-order valence-electron chi connectivity index (χ0n) is 14.2. The number of hydrogen-bond acceptors (Lipinski definition) is 5. The fourth-order valence-corrected chi connectivity index (χ4v) is 2.18. The Morgan fingerprint density at radius 3 is 2.48 bits per heavy atom. The van der Waals surface area contributed by atoms with Crippen LogP contribution in [0.5, 0.6) is 0 Å². The molecule has 2 amide bonds. The van der Waals surface area contributed by atoms with E-state index < -0.39 is 0 Å². The van der Waals surface area contributed by atoms with Crippen LogP contribution in [-0.2, 0) is 9.53 Å². The number of anilines is 1. The van der Waals surface area contributed by atoms with Gasteiger partial charge in [0.05, 0.1) is 13.4 Å². The molecule has 0 spiro atoms. The largest absolute Gasteiger partial charge is 0.469 e. The fourth-order valence-electron chi connectivity index (χ4n) is 2.18. The average Bonchev–Trinajstić information content (AvgIpc) is 3.16. The molecule has 1 aromatic heterocycles. The Balaban J connectivity index is 1.89. The third-order valence-electron chi connectivity index (χ3n) is 3.58. The van der Waals surface area contributed by atoms with Gasteiger partial charge in [-0.05, 0) is 42.8 Å². The first-order valence-electron chi connectivity index (χ1n) is 7.78. The molecule has 2 aromatic rings.